The lowest BCUT2D eigenvalue weighted by atomic mass is 10.1. The molecule has 180 valence electrons. The normalized spacial score (nSPS) is 15.3. The van der Waals surface area contributed by atoms with Crippen molar-refractivity contribution in [2.24, 2.45) is 0 Å². The Morgan fingerprint density at radius 3 is 2.23 bits per heavy atom. The summed E-state index contributed by atoms with van der Waals surface area (Å²) in [5.74, 6) is 0.690. The van der Waals surface area contributed by atoms with E-state index in [2.05, 4.69) is 55.6 Å². The van der Waals surface area contributed by atoms with Crippen LogP contribution < -0.4 is 10.2 Å². The average molecular weight is 472 g/mol. The Morgan fingerprint density at radius 2 is 1.51 bits per heavy atom. The van der Waals surface area contributed by atoms with Crippen molar-refractivity contribution in [1.82, 2.24) is 20.4 Å². The van der Waals surface area contributed by atoms with E-state index < -0.39 is 0 Å². The summed E-state index contributed by atoms with van der Waals surface area (Å²) < 4.78 is 19.6. The fraction of sp³-hybridized carbons (Fsp3) is 0.286. The third-order valence-corrected chi connectivity index (χ3v) is 6.40. The number of hydrogen-bond acceptors (Lipinski definition) is 6. The minimum Gasteiger partial charge on any atom is -0.419 e. The maximum absolute atomic E-state index is 13.5. The second-order valence-electron chi connectivity index (χ2n) is 8.77. The van der Waals surface area contributed by atoms with Gasteiger partial charge in [-0.25, -0.2) is 4.39 Å². The summed E-state index contributed by atoms with van der Waals surface area (Å²) in [6, 6.07) is 26.5. The molecule has 1 fully saturated rings. The predicted molar refractivity (Wildman–Crippen MR) is 136 cm³/mol. The number of anilines is 1. The molecule has 1 aromatic heterocycles. The number of rotatable bonds is 9. The largest absolute Gasteiger partial charge is 0.419 e. The topological polar surface area (TPSA) is 57.4 Å². The zero-order valence-electron chi connectivity index (χ0n) is 19.7. The van der Waals surface area contributed by atoms with Gasteiger partial charge in [-0.3, -0.25) is 4.90 Å². The Bertz CT molecular complexity index is 1170. The number of hydrogen-bond donors (Lipinski definition) is 1. The molecule has 3 aromatic carbocycles. The van der Waals surface area contributed by atoms with Gasteiger partial charge in [0, 0.05) is 37.4 Å². The fourth-order valence-corrected chi connectivity index (χ4v) is 4.47. The molecular weight excluding hydrogens is 441 g/mol. The van der Waals surface area contributed by atoms with Crippen molar-refractivity contribution in [2.45, 2.75) is 12.5 Å². The van der Waals surface area contributed by atoms with Crippen molar-refractivity contribution >= 4 is 5.69 Å². The quantitative estimate of drug-likeness (QED) is 0.355. The van der Waals surface area contributed by atoms with Crippen molar-refractivity contribution in [1.29, 1.82) is 0 Å². The smallest absolute Gasteiger partial charge is 0.247 e. The highest BCUT2D eigenvalue weighted by Crippen LogP contribution is 2.25. The molecule has 1 aliphatic heterocycles. The second kappa shape index (κ2) is 11.3. The lowest BCUT2D eigenvalue weighted by molar-refractivity contribution is 0.252. The first kappa shape index (κ1) is 23.2. The van der Waals surface area contributed by atoms with Gasteiger partial charge in [0.15, 0.2) is 0 Å². The minimum absolute atomic E-state index is 0.266. The van der Waals surface area contributed by atoms with Crippen molar-refractivity contribution in [3.05, 3.63) is 102 Å². The Labute approximate surface area is 205 Å². The molecule has 1 N–H and O–H groups in total. The van der Waals surface area contributed by atoms with Crippen molar-refractivity contribution in [3.63, 3.8) is 0 Å². The van der Waals surface area contributed by atoms with E-state index in [1.54, 1.807) is 12.1 Å². The molecule has 6 nitrogen and oxygen atoms in total. The lowest BCUT2D eigenvalue weighted by Crippen LogP contribution is -2.47. The monoisotopic (exact) mass is 471 g/mol. The number of piperazine rings is 1. The van der Waals surface area contributed by atoms with Crippen LogP contribution >= 0.6 is 0 Å². The van der Waals surface area contributed by atoms with Crippen LogP contribution in [0, 0.1) is 5.82 Å². The molecule has 1 aliphatic rings. The molecule has 35 heavy (non-hydrogen) atoms. The maximum Gasteiger partial charge on any atom is 0.247 e. The summed E-state index contributed by atoms with van der Waals surface area (Å²) in [7, 11) is 0. The molecule has 1 atom stereocenters. The van der Waals surface area contributed by atoms with Crippen LogP contribution in [0.1, 0.15) is 23.9 Å². The van der Waals surface area contributed by atoms with Crippen LogP contribution in [-0.2, 0) is 0 Å². The third-order valence-electron chi connectivity index (χ3n) is 6.40. The van der Waals surface area contributed by atoms with Crippen LogP contribution in [0.3, 0.4) is 0 Å². The standard InChI is InChI=1S/C28H30FN5O/c29-24-14-12-22(13-15-24)26(28-32-31-27(35-28)23-8-3-1-4-9-23)30-16-7-17-33-18-20-34(21-19-33)25-10-5-2-6-11-25/h1-6,8-15,26,30H,7,16-21H2. The Balaban J connectivity index is 1.18. The van der Waals surface area contributed by atoms with Crippen LogP contribution in [0.2, 0.25) is 0 Å². The molecule has 0 bridgehead atoms. The van der Waals surface area contributed by atoms with Gasteiger partial charge >= 0.3 is 0 Å². The van der Waals surface area contributed by atoms with Gasteiger partial charge in [-0.1, -0.05) is 48.5 Å². The summed E-state index contributed by atoms with van der Waals surface area (Å²) in [5.41, 5.74) is 3.07. The highest BCUT2D eigenvalue weighted by atomic mass is 19.1. The van der Waals surface area contributed by atoms with E-state index in [0.717, 1.165) is 56.8 Å². The zero-order chi connectivity index (χ0) is 23.9. The molecule has 0 amide bonds. The molecule has 2 heterocycles. The van der Waals surface area contributed by atoms with Gasteiger partial charge in [0.25, 0.3) is 0 Å². The number of halogens is 1. The third kappa shape index (κ3) is 5.93. The van der Waals surface area contributed by atoms with E-state index in [9.17, 15) is 4.39 Å². The lowest BCUT2D eigenvalue weighted by Gasteiger charge is -2.36. The summed E-state index contributed by atoms with van der Waals surface area (Å²) in [6.07, 6.45) is 0.989. The van der Waals surface area contributed by atoms with Gasteiger partial charge < -0.3 is 14.6 Å². The SMILES string of the molecule is Fc1ccc(C(NCCCN2CCN(c3ccccc3)CC2)c2nnc(-c3ccccc3)o2)cc1. The molecular formula is C28H30FN5O. The summed E-state index contributed by atoms with van der Waals surface area (Å²) >= 11 is 0. The first-order valence-electron chi connectivity index (χ1n) is 12.2. The van der Waals surface area contributed by atoms with Crippen LogP contribution in [0.5, 0.6) is 0 Å². The van der Waals surface area contributed by atoms with E-state index in [-0.39, 0.29) is 11.9 Å². The summed E-state index contributed by atoms with van der Waals surface area (Å²) in [6.45, 7) is 6.00. The number of aromatic nitrogens is 2. The summed E-state index contributed by atoms with van der Waals surface area (Å²) in [5, 5.41) is 12.1. The van der Waals surface area contributed by atoms with Gasteiger partial charge in [0.1, 0.15) is 11.9 Å². The van der Waals surface area contributed by atoms with Crippen molar-refractivity contribution in [2.75, 3.05) is 44.2 Å². The highest BCUT2D eigenvalue weighted by Gasteiger charge is 2.22. The van der Waals surface area contributed by atoms with Crippen LogP contribution in [0.25, 0.3) is 11.5 Å². The number of nitrogens with one attached hydrogen (secondary N) is 1. The van der Waals surface area contributed by atoms with E-state index in [4.69, 9.17) is 4.42 Å². The molecule has 0 aliphatic carbocycles. The molecule has 4 aromatic rings. The predicted octanol–water partition coefficient (Wildman–Crippen LogP) is 4.77. The van der Waals surface area contributed by atoms with Gasteiger partial charge in [-0.05, 0) is 61.5 Å². The minimum atomic E-state index is -0.296. The average Bonchev–Trinajstić information content (AvgIpc) is 3.41. The van der Waals surface area contributed by atoms with Crippen LogP contribution in [0.15, 0.2) is 89.3 Å². The van der Waals surface area contributed by atoms with E-state index >= 15 is 0 Å². The van der Waals surface area contributed by atoms with E-state index in [0.29, 0.717) is 11.8 Å². The highest BCUT2D eigenvalue weighted by molar-refractivity contribution is 5.52. The van der Waals surface area contributed by atoms with Crippen LogP contribution in [0.4, 0.5) is 10.1 Å². The maximum atomic E-state index is 13.5. The Kier molecular flexibility index (Phi) is 7.46. The Morgan fingerprint density at radius 1 is 0.829 bits per heavy atom. The first-order chi connectivity index (χ1) is 17.3. The van der Waals surface area contributed by atoms with Crippen molar-refractivity contribution in [3.8, 4) is 11.5 Å². The second-order valence-corrected chi connectivity index (χ2v) is 8.77. The molecule has 1 saturated heterocycles. The number of nitrogens with zero attached hydrogens (tertiary/aromatic N) is 4. The van der Waals surface area contributed by atoms with E-state index in [1.807, 2.05) is 30.3 Å². The van der Waals surface area contributed by atoms with Gasteiger partial charge in [-0.15, -0.1) is 10.2 Å². The summed E-state index contributed by atoms with van der Waals surface area (Å²) in [4.78, 5) is 4.95. The van der Waals surface area contributed by atoms with E-state index in [1.165, 1.54) is 17.8 Å². The molecule has 1 unspecified atom stereocenters. The van der Waals surface area contributed by atoms with Gasteiger partial charge in [0.2, 0.25) is 11.8 Å². The fourth-order valence-electron chi connectivity index (χ4n) is 4.47. The van der Waals surface area contributed by atoms with Crippen molar-refractivity contribution < 1.29 is 8.81 Å². The number of para-hydroxylation sites is 1. The number of benzene rings is 3. The van der Waals surface area contributed by atoms with Gasteiger partial charge in [-0.2, -0.15) is 0 Å². The molecule has 0 radical (unpaired) electrons. The molecule has 0 spiro atoms. The van der Waals surface area contributed by atoms with Gasteiger partial charge in [0.05, 0.1) is 0 Å². The zero-order valence-corrected chi connectivity index (χ0v) is 19.7. The molecule has 5 rings (SSSR count). The Hall–Kier alpha value is -3.55. The molecule has 7 heteroatoms. The van der Waals surface area contributed by atoms with Crippen LogP contribution in [-0.4, -0.2) is 54.4 Å². The molecule has 0 saturated carbocycles. The first-order valence-corrected chi connectivity index (χ1v) is 12.2.